The summed E-state index contributed by atoms with van der Waals surface area (Å²) in [5, 5.41) is 10.1. The van der Waals surface area contributed by atoms with Gasteiger partial charge in [-0.15, -0.1) is 0 Å². The van der Waals surface area contributed by atoms with Crippen LogP contribution < -0.4 is 21.3 Å². The third-order valence-corrected chi connectivity index (χ3v) is 11.6. The molecule has 0 aromatic heterocycles. The Morgan fingerprint density at radius 2 is 1.48 bits per heavy atom. The second-order valence-electron chi connectivity index (χ2n) is 16.2. The predicted molar refractivity (Wildman–Crippen MR) is 181 cm³/mol. The highest BCUT2D eigenvalue weighted by molar-refractivity contribution is 7.86. The minimum absolute atomic E-state index is 0.0461. The number of hydrogen-bond acceptors (Lipinski definition) is 7. The first kappa shape index (κ1) is 43.2. The molecular weight excluding hydrogens is 683 g/mol. The average molecular weight is 740 g/mol. The van der Waals surface area contributed by atoms with Crippen molar-refractivity contribution in [2.45, 2.75) is 105 Å². The van der Waals surface area contributed by atoms with Gasteiger partial charge in [-0.3, -0.25) is 19.2 Å². The van der Waals surface area contributed by atoms with E-state index in [4.69, 9.17) is 0 Å². The Kier molecular flexibility index (Phi) is 13.2. The number of nitrogens with one attached hydrogen (secondary N) is 4. The van der Waals surface area contributed by atoms with Gasteiger partial charge in [0, 0.05) is 53.2 Å². The molecule has 288 valence electrons. The molecule has 5 amide bonds. The van der Waals surface area contributed by atoms with Crippen LogP contribution >= 0.6 is 0 Å². The number of urea groups is 1. The maximum Gasteiger partial charge on any atom is 0.389 e. The summed E-state index contributed by atoms with van der Waals surface area (Å²) in [4.78, 5) is 68.1. The lowest BCUT2D eigenvalue weighted by Gasteiger charge is -2.39. The quantitative estimate of drug-likeness (QED) is 0.197. The first-order chi connectivity index (χ1) is 22.5. The predicted octanol–water partition coefficient (Wildman–Crippen LogP) is 1.87. The maximum absolute atomic E-state index is 14.3. The summed E-state index contributed by atoms with van der Waals surface area (Å²) >= 11 is 0. The molecule has 50 heavy (non-hydrogen) atoms. The normalized spacial score (nSPS) is 22.3. The largest absolute Gasteiger partial charge is 0.389 e. The van der Waals surface area contributed by atoms with E-state index >= 15 is 0 Å². The molecule has 0 aromatic rings. The van der Waals surface area contributed by atoms with Crippen molar-refractivity contribution >= 4 is 39.7 Å². The number of hydrogen-bond donors (Lipinski definition) is 4. The highest BCUT2D eigenvalue weighted by atomic mass is 32.2. The van der Waals surface area contributed by atoms with Crippen LogP contribution in [0.5, 0.6) is 0 Å². The van der Waals surface area contributed by atoms with Crippen molar-refractivity contribution in [2.75, 3.05) is 40.8 Å². The van der Waals surface area contributed by atoms with Crippen molar-refractivity contribution < 1.29 is 45.6 Å². The maximum atomic E-state index is 14.3. The molecule has 1 aliphatic heterocycles. The van der Waals surface area contributed by atoms with Crippen LogP contribution in [0.3, 0.4) is 0 Å². The number of likely N-dealkylation sites (tertiary alicyclic amines) is 1. The number of Topliss-reactive ketones (excluding diaryl/α,β-unsaturated/α-hetero) is 1. The molecule has 1 saturated heterocycles. The lowest BCUT2D eigenvalue weighted by atomic mass is 9.85. The molecule has 4 N–H and O–H groups in total. The van der Waals surface area contributed by atoms with Crippen LogP contribution in [0.1, 0.15) is 75.2 Å². The fourth-order valence-electron chi connectivity index (χ4n) is 6.36. The smallest absolute Gasteiger partial charge is 0.350 e. The van der Waals surface area contributed by atoms with E-state index in [0.717, 1.165) is 8.61 Å². The number of halogens is 3. The first-order valence-corrected chi connectivity index (χ1v) is 18.1. The summed E-state index contributed by atoms with van der Waals surface area (Å²) in [5.41, 5.74) is -1.91. The fraction of sp³-hybridized carbons (Fsp3) is 0.844. The van der Waals surface area contributed by atoms with E-state index in [-0.39, 0.29) is 31.5 Å². The number of amides is 5. The van der Waals surface area contributed by atoms with E-state index in [1.165, 1.54) is 33.0 Å². The first-order valence-electron chi connectivity index (χ1n) is 16.7. The SMILES string of the molecule is CCNC(=O)C(=O)[C@@H](CCC(F)(F)F)NC(=O)[C@@H]1[C@@H]2[C@H](CN1C(=O)[C@@H](NC(=O)N[C@H](CN(C)S(=O)(=O)N(C)C)C(C)(C)C)C(C)(C)C)C2(C)C. The third-order valence-electron chi connectivity index (χ3n) is 9.70. The molecule has 2 fully saturated rings. The number of likely N-dealkylation sites (N-methyl/N-ethyl adjacent to an activating group) is 2. The molecule has 14 nitrogen and oxygen atoms in total. The van der Waals surface area contributed by atoms with E-state index < -0.39 is 99.2 Å². The van der Waals surface area contributed by atoms with Crippen molar-refractivity contribution in [2.24, 2.45) is 28.1 Å². The van der Waals surface area contributed by atoms with Crippen LogP contribution in [-0.4, -0.2) is 123 Å². The molecule has 2 rings (SSSR count). The van der Waals surface area contributed by atoms with Gasteiger partial charge in [0.15, 0.2) is 0 Å². The Hall–Kier alpha value is -2.99. The van der Waals surface area contributed by atoms with E-state index in [1.54, 1.807) is 20.8 Å². The van der Waals surface area contributed by atoms with Crippen LogP contribution in [0.2, 0.25) is 0 Å². The van der Waals surface area contributed by atoms with Crippen molar-refractivity contribution in [3.8, 4) is 0 Å². The Bertz CT molecular complexity index is 1410. The number of ketones is 1. The molecule has 0 bridgehead atoms. The number of carbonyl (C=O) groups excluding carboxylic acids is 5. The lowest BCUT2D eigenvalue weighted by Crippen LogP contribution is -2.63. The zero-order valence-corrected chi connectivity index (χ0v) is 32.1. The van der Waals surface area contributed by atoms with Crippen molar-refractivity contribution in [1.29, 1.82) is 0 Å². The van der Waals surface area contributed by atoms with Gasteiger partial charge >= 0.3 is 12.2 Å². The summed E-state index contributed by atoms with van der Waals surface area (Å²) in [7, 11) is 0.362. The summed E-state index contributed by atoms with van der Waals surface area (Å²) in [6.45, 7) is 16.0. The van der Waals surface area contributed by atoms with Gasteiger partial charge in [-0.1, -0.05) is 55.4 Å². The van der Waals surface area contributed by atoms with Crippen LogP contribution in [0.15, 0.2) is 0 Å². The average Bonchev–Trinajstić information content (AvgIpc) is 3.26. The third kappa shape index (κ3) is 10.3. The minimum Gasteiger partial charge on any atom is -0.350 e. The molecule has 0 radical (unpaired) electrons. The molecule has 1 heterocycles. The molecule has 1 aliphatic carbocycles. The zero-order chi connectivity index (χ0) is 38.9. The summed E-state index contributed by atoms with van der Waals surface area (Å²) < 4.78 is 67.0. The summed E-state index contributed by atoms with van der Waals surface area (Å²) in [6.07, 6.45) is -6.95. The van der Waals surface area contributed by atoms with Gasteiger partial charge in [-0.2, -0.15) is 30.2 Å². The topological polar surface area (TPSA) is 177 Å². The van der Waals surface area contributed by atoms with Crippen molar-refractivity contribution in [3.05, 3.63) is 0 Å². The van der Waals surface area contributed by atoms with E-state index in [2.05, 4.69) is 21.3 Å². The number of piperidine rings is 1. The number of fused-ring (bicyclic) bond motifs is 1. The number of alkyl halides is 3. The van der Waals surface area contributed by atoms with Crippen LogP contribution in [-0.2, 0) is 29.4 Å². The van der Waals surface area contributed by atoms with Gasteiger partial charge in [0.25, 0.3) is 16.1 Å². The van der Waals surface area contributed by atoms with Gasteiger partial charge in [0.1, 0.15) is 12.1 Å². The summed E-state index contributed by atoms with van der Waals surface area (Å²) in [5.74, 6) is -4.36. The Labute approximate surface area is 294 Å². The Balaban J connectivity index is 2.38. The molecule has 0 aromatic carbocycles. The van der Waals surface area contributed by atoms with Gasteiger partial charge in [-0.25, -0.2) is 4.79 Å². The monoisotopic (exact) mass is 739 g/mol. The highest BCUT2D eigenvalue weighted by Crippen LogP contribution is 2.65. The number of nitrogens with zero attached hydrogens (tertiary/aromatic N) is 3. The standard InChI is InChI=1S/C32H56F3N7O7S/c1-13-36-26(45)23(43)19(14-15-32(33,34)35)37-25(44)22-21-18(31(21,8)9)16-42(22)27(46)24(30(5,6)7)39-28(47)38-20(29(2,3)4)17-41(12)50(48,49)40(10)11/h18-22,24H,13-17H2,1-12H3,(H,36,45)(H,37,44)(H2,38,39,47)/t18-,19+,20+,21-,22-,24+/m0/s1. The molecule has 0 unspecified atom stereocenters. The molecule has 2 aliphatic rings. The van der Waals surface area contributed by atoms with Crippen molar-refractivity contribution in [3.63, 3.8) is 0 Å². The lowest BCUT2D eigenvalue weighted by molar-refractivity contribution is -0.148. The molecular formula is C32H56F3N7O7S. The van der Waals surface area contributed by atoms with Crippen LogP contribution in [0.25, 0.3) is 0 Å². The van der Waals surface area contributed by atoms with E-state index in [0.29, 0.717) is 0 Å². The minimum atomic E-state index is -4.66. The molecule has 6 atom stereocenters. The number of carbonyl (C=O) groups is 5. The van der Waals surface area contributed by atoms with Gasteiger partial charge in [-0.05, 0) is 41.4 Å². The van der Waals surface area contributed by atoms with Crippen molar-refractivity contribution in [1.82, 2.24) is 34.8 Å². The van der Waals surface area contributed by atoms with Gasteiger partial charge < -0.3 is 26.2 Å². The van der Waals surface area contributed by atoms with E-state index in [9.17, 15) is 45.6 Å². The van der Waals surface area contributed by atoms with Crippen LogP contribution in [0.4, 0.5) is 18.0 Å². The van der Waals surface area contributed by atoms with E-state index in [1.807, 2.05) is 34.6 Å². The summed E-state index contributed by atoms with van der Waals surface area (Å²) in [6, 6.07) is -5.60. The highest BCUT2D eigenvalue weighted by Gasteiger charge is 2.70. The Morgan fingerprint density at radius 3 is 1.94 bits per heavy atom. The zero-order valence-electron chi connectivity index (χ0n) is 31.2. The fourth-order valence-corrected chi connectivity index (χ4v) is 7.26. The second-order valence-corrected chi connectivity index (χ2v) is 18.5. The van der Waals surface area contributed by atoms with Gasteiger partial charge in [0.2, 0.25) is 17.6 Å². The van der Waals surface area contributed by atoms with Gasteiger partial charge in [0.05, 0.1) is 6.04 Å². The Morgan fingerprint density at radius 1 is 0.920 bits per heavy atom. The second kappa shape index (κ2) is 15.3. The molecule has 0 spiro atoms. The molecule has 1 saturated carbocycles. The van der Waals surface area contributed by atoms with Crippen LogP contribution in [0, 0.1) is 28.1 Å². The molecule has 18 heteroatoms. The number of rotatable bonds is 14.